The quantitative estimate of drug-likeness (QED) is 0.578. The van der Waals surface area contributed by atoms with E-state index in [9.17, 15) is 26.4 Å². The number of benzene rings is 1. The van der Waals surface area contributed by atoms with E-state index in [0.29, 0.717) is 19.5 Å². The lowest BCUT2D eigenvalue weighted by Crippen LogP contribution is -2.40. The predicted octanol–water partition coefficient (Wildman–Crippen LogP) is 0.273. The summed E-state index contributed by atoms with van der Waals surface area (Å²) < 4.78 is 54.8. The van der Waals surface area contributed by atoms with Gasteiger partial charge in [-0.15, -0.1) is 0 Å². The largest absolute Gasteiger partial charge is 0.452 e. The summed E-state index contributed by atoms with van der Waals surface area (Å²) in [5.41, 5.74) is 0.0316. The molecule has 0 bridgehead atoms. The van der Waals surface area contributed by atoms with Crippen LogP contribution in [0.25, 0.3) is 0 Å². The molecule has 0 radical (unpaired) electrons. The van der Waals surface area contributed by atoms with Crippen LogP contribution in [-0.2, 0) is 29.4 Å². The van der Waals surface area contributed by atoms with E-state index in [2.05, 4.69) is 0 Å². The molecule has 11 heteroatoms. The van der Waals surface area contributed by atoms with Crippen LogP contribution in [0.3, 0.4) is 0 Å². The van der Waals surface area contributed by atoms with Gasteiger partial charge in [0, 0.05) is 26.2 Å². The maximum Gasteiger partial charge on any atom is 0.338 e. The molecule has 3 rings (SSSR count). The average molecular weight is 445 g/mol. The van der Waals surface area contributed by atoms with E-state index in [1.165, 1.54) is 40.5 Å². The zero-order chi connectivity index (χ0) is 21.2. The first-order chi connectivity index (χ1) is 13.6. The maximum atomic E-state index is 12.6. The SMILES string of the molecule is CN(C(=O)COC(=O)c1cccc(S(=O)(=O)N2CCCC2)c1)C1CCS(=O)(=O)C1. The third kappa shape index (κ3) is 4.96. The number of likely N-dealkylation sites (N-methyl/N-ethyl adjacent to an activating group) is 1. The predicted molar refractivity (Wildman–Crippen MR) is 105 cm³/mol. The van der Waals surface area contributed by atoms with Crippen molar-refractivity contribution >= 4 is 31.7 Å². The van der Waals surface area contributed by atoms with Gasteiger partial charge in [-0.1, -0.05) is 6.07 Å². The van der Waals surface area contributed by atoms with Crippen molar-refractivity contribution in [2.75, 3.05) is 38.2 Å². The first kappa shape index (κ1) is 21.7. The minimum absolute atomic E-state index is 0.00783. The molecule has 29 heavy (non-hydrogen) atoms. The van der Waals surface area contributed by atoms with Crippen LogP contribution in [0.1, 0.15) is 29.6 Å². The highest BCUT2D eigenvalue weighted by Crippen LogP contribution is 2.22. The molecule has 2 fully saturated rings. The number of nitrogens with zero attached hydrogens (tertiary/aromatic N) is 2. The zero-order valence-corrected chi connectivity index (χ0v) is 17.7. The maximum absolute atomic E-state index is 12.6. The number of hydrogen-bond donors (Lipinski definition) is 0. The number of sulfonamides is 1. The Balaban J connectivity index is 1.62. The van der Waals surface area contributed by atoms with Crippen LogP contribution >= 0.6 is 0 Å². The first-order valence-electron chi connectivity index (χ1n) is 9.33. The summed E-state index contributed by atoms with van der Waals surface area (Å²) in [6, 6.07) is 5.11. The summed E-state index contributed by atoms with van der Waals surface area (Å²) in [6.07, 6.45) is 1.96. The lowest BCUT2D eigenvalue weighted by molar-refractivity contribution is -0.134. The van der Waals surface area contributed by atoms with E-state index in [1.807, 2.05) is 0 Å². The van der Waals surface area contributed by atoms with Crippen LogP contribution in [0.15, 0.2) is 29.2 Å². The fraction of sp³-hybridized carbons (Fsp3) is 0.556. The topological polar surface area (TPSA) is 118 Å². The third-order valence-electron chi connectivity index (χ3n) is 5.25. The Labute approximate surface area is 170 Å². The molecular formula is C18H24N2O7S2. The van der Waals surface area contributed by atoms with Crippen molar-refractivity contribution in [1.82, 2.24) is 9.21 Å². The van der Waals surface area contributed by atoms with Crippen molar-refractivity contribution in [1.29, 1.82) is 0 Å². The fourth-order valence-corrected chi connectivity index (χ4v) is 6.80. The average Bonchev–Trinajstić information content (AvgIpc) is 3.35. The molecule has 2 aliphatic rings. The van der Waals surface area contributed by atoms with Gasteiger partial charge >= 0.3 is 5.97 Å². The van der Waals surface area contributed by atoms with Gasteiger partial charge in [-0.3, -0.25) is 4.79 Å². The Kier molecular flexibility index (Phi) is 6.30. The second-order valence-corrected chi connectivity index (χ2v) is 11.4. The normalized spacial score (nSPS) is 21.8. The highest BCUT2D eigenvalue weighted by molar-refractivity contribution is 7.91. The molecule has 1 atom stereocenters. The van der Waals surface area contributed by atoms with Crippen LogP contribution in [0, 0.1) is 0 Å². The Bertz CT molecular complexity index is 999. The van der Waals surface area contributed by atoms with E-state index < -0.39 is 44.4 Å². The van der Waals surface area contributed by atoms with Gasteiger partial charge in [0.1, 0.15) is 0 Å². The monoisotopic (exact) mass is 444 g/mol. The van der Waals surface area contributed by atoms with Gasteiger partial charge in [0.15, 0.2) is 16.4 Å². The lowest BCUT2D eigenvalue weighted by atomic mass is 10.2. The third-order valence-corrected chi connectivity index (χ3v) is 8.89. The van der Waals surface area contributed by atoms with Gasteiger partial charge in [-0.25, -0.2) is 21.6 Å². The van der Waals surface area contributed by atoms with Crippen LogP contribution in [-0.4, -0.2) is 82.2 Å². The fourth-order valence-electron chi connectivity index (χ4n) is 3.46. The molecule has 0 aliphatic carbocycles. The molecular weight excluding hydrogens is 420 g/mol. The first-order valence-corrected chi connectivity index (χ1v) is 12.6. The smallest absolute Gasteiger partial charge is 0.338 e. The number of carbonyl (C=O) groups excluding carboxylic acids is 2. The molecule has 1 aromatic rings. The minimum Gasteiger partial charge on any atom is -0.452 e. The lowest BCUT2D eigenvalue weighted by Gasteiger charge is -2.23. The summed E-state index contributed by atoms with van der Waals surface area (Å²) in [5.74, 6) is -1.39. The summed E-state index contributed by atoms with van der Waals surface area (Å²) in [7, 11) is -5.33. The van der Waals surface area contributed by atoms with Crippen molar-refractivity contribution in [3.63, 3.8) is 0 Å². The second-order valence-electron chi connectivity index (χ2n) is 7.28. The van der Waals surface area contributed by atoms with Crippen molar-refractivity contribution < 1.29 is 31.2 Å². The molecule has 1 unspecified atom stereocenters. The molecule has 0 aromatic heterocycles. The number of ether oxygens (including phenoxy) is 1. The zero-order valence-electron chi connectivity index (χ0n) is 16.1. The number of esters is 1. The number of amides is 1. The summed E-state index contributed by atoms with van der Waals surface area (Å²) in [6.45, 7) is 0.360. The molecule has 0 spiro atoms. The number of carbonyl (C=O) groups is 2. The van der Waals surface area contributed by atoms with Crippen LogP contribution in [0.4, 0.5) is 0 Å². The van der Waals surface area contributed by atoms with Gasteiger partial charge in [-0.05, 0) is 37.5 Å². The van der Waals surface area contributed by atoms with Crippen molar-refractivity contribution in [3.05, 3.63) is 29.8 Å². The second kappa shape index (κ2) is 8.41. The molecule has 2 heterocycles. The standard InChI is InChI=1S/C18H24N2O7S2/c1-19(15-7-10-28(23,24)13-15)17(21)12-27-18(22)14-5-4-6-16(11-14)29(25,26)20-8-2-3-9-20/h4-6,11,15H,2-3,7-10,12-13H2,1H3. The van der Waals surface area contributed by atoms with E-state index in [0.717, 1.165) is 12.8 Å². The summed E-state index contributed by atoms with van der Waals surface area (Å²) in [5, 5.41) is 0. The Morgan fingerprint density at radius 1 is 1.24 bits per heavy atom. The highest BCUT2D eigenvalue weighted by atomic mass is 32.2. The van der Waals surface area contributed by atoms with E-state index in [4.69, 9.17) is 4.74 Å². The Morgan fingerprint density at radius 3 is 2.55 bits per heavy atom. The Morgan fingerprint density at radius 2 is 1.93 bits per heavy atom. The van der Waals surface area contributed by atoms with E-state index >= 15 is 0 Å². The molecule has 0 N–H and O–H groups in total. The molecule has 2 aliphatic heterocycles. The van der Waals surface area contributed by atoms with Crippen molar-refractivity contribution in [2.45, 2.75) is 30.2 Å². The summed E-state index contributed by atoms with van der Waals surface area (Å²) >= 11 is 0. The highest BCUT2D eigenvalue weighted by Gasteiger charge is 2.33. The molecule has 1 amide bonds. The van der Waals surface area contributed by atoms with E-state index in [1.54, 1.807) is 0 Å². The van der Waals surface area contributed by atoms with Gasteiger partial charge < -0.3 is 9.64 Å². The number of hydrogen-bond acceptors (Lipinski definition) is 7. The van der Waals surface area contributed by atoms with Gasteiger partial charge in [0.2, 0.25) is 10.0 Å². The summed E-state index contributed by atoms with van der Waals surface area (Å²) in [4.78, 5) is 25.8. The molecule has 9 nitrogen and oxygen atoms in total. The van der Waals surface area contributed by atoms with Crippen LogP contribution in [0.5, 0.6) is 0 Å². The Hall–Kier alpha value is -1.98. The van der Waals surface area contributed by atoms with Crippen LogP contribution < -0.4 is 0 Å². The van der Waals surface area contributed by atoms with Crippen molar-refractivity contribution in [3.8, 4) is 0 Å². The van der Waals surface area contributed by atoms with Gasteiger partial charge in [0.25, 0.3) is 5.91 Å². The minimum atomic E-state index is -3.67. The van der Waals surface area contributed by atoms with Gasteiger partial charge in [0.05, 0.1) is 22.0 Å². The molecule has 160 valence electrons. The van der Waals surface area contributed by atoms with E-state index in [-0.39, 0.29) is 22.0 Å². The van der Waals surface area contributed by atoms with Crippen molar-refractivity contribution in [2.24, 2.45) is 0 Å². The van der Waals surface area contributed by atoms with Gasteiger partial charge in [-0.2, -0.15) is 4.31 Å². The van der Waals surface area contributed by atoms with Crippen LogP contribution in [0.2, 0.25) is 0 Å². The number of rotatable bonds is 6. The molecule has 0 saturated carbocycles. The molecule has 1 aromatic carbocycles. The molecule has 2 saturated heterocycles. The number of sulfone groups is 1.